The summed E-state index contributed by atoms with van der Waals surface area (Å²) in [5.41, 5.74) is 2.34. The van der Waals surface area contributed by atoms with Crippen LogP contribution in [0, 0.1) is 0 Å². The molecular weight excluding hydrogens is 308 g/mol. The molecule has 1 heterocycles. The SMILES string of the molecule is Cl.O=CNC1(c2ccccc2)CCN(Cc2ccccc2)CC1. The van der Waals surface area contributed by atoms with Crippen LogP contribution >= 0.6 is 12.4 Å². The van der Waals surface area contributed by atoms with Crippen LogP contribution in [0.1, 0.15) is 24.0 Å². The molecule has 1 aliphatic heterocycles. The molecule has 2 aromatic rings. The van der Waals surface area contributed by atoms with Gasteiger partial charge in [-0.25, -0.2) is 0 Å². The Morgan fingerprint density at radius 2 is 1.52 bits per heavy atom. The fraction of sp³-hybridized carbons (Fsp3) is 0.316. The number of carbonyl (C=O) groups is 1. The van der Waals surface area contributed by atoms with Gasteiger partial charge >= 0.3 is 0 Å². The molecule has 0 aliphatic carbocycles. The second-order valence-electron chi connectivity index (χ2n) is 5.97. The standard InChI is InChI=1S/C19H22N2O.ClH/c22-16-20-19(18-9-5-2-6-10-18)11-13-21(14-12-19)15-17-7-3-1-4-8-17;/h1-10,16H,11-15H2,(H,20,22);1H. The summed E-state index contributed by atoms with van der Waals surface area (Å²) >= 11 is 0. The molecule has 1 amide bonds. The molecule has 0 radical (unpaired) electrons. The smallest absolute Gasteiger partial charge is 0.207 e. The average Bonchev–Trinajstić information content (AvgIpc) is 2.59. The van der Waals surface area contributed by atoms with Crippen molar-refractivity contribution in [1.29, 1.82) is 0 Å². The Bertz CT molecular complexity index is 595. The second-order valence-corrected chi connectivity index (χ2v) is 5.97. The predicted octanol–water partition coefficient (Wildman–Crippen LogP) is 3.35. The van der Waals surface area contributed by atoms with E-state index in [1.807, 2.05) is 24.3 Å². The molecule has 4 heteroatoms. The lowest BCUT2D eigenvalue weighted by atomic mass is 9.81. The van der Waals surface area contributed by atoms with Gasteiger partial charge in [0.05, 0.1) is 5.54 Å². The number of amides is 1. The van der Waals surface area contributed by atoms with E-state index in [2.05, 4.69) is 46.6 Å². The van der Waals surface area contributed by atoms with Gasteiger partial charge in [0.1, 0.15) is 0 Å². The van der Waals surface area contributed by atoms with E-state index >= 15 is 0 Å². The molecule has 0 spiro atoms. The van der Waals surface area contributed by atoms with E-state index in [0.717, 1.165) is 38.9 Å². The van der Waals surface area contributed by atoms with E-state index in [-0.39, 0.29) is 17.9 Å². The lowest BCUT2D eigenvalue weighted by Crippen LogP contribution is -2.50. The van der Waals surface area contributed by atoms with E-state index in [1.54, 1.807) is 0 Å². The highest BCUT2D eigenvalue weighted by Gasteiger charge is 2.35. The third-order valence-electron chi connectivity index (χ3n) is 4.62. The Balaban J connectivity index is 0.00000192. The summed E-state index contributed by atoms with van der Waals surface area (Å²) in [4.78, 5) is 13.6. The molecule has 1 saturated heterocycles. The third-order valence-corrected chi connectivity index (χ3v) is 4.62. The molecule has 0 unspecified atom stereocenters. The molecule has 1 aliphatic rings. The number of halogens is 1. The highest BCUT2D eigenvalue weighted by atomic mass is 35.5. The van der Waals surface area contributed by atoms with Crippen molar-refractivity contribution in [3.05, 3.63) is 71.8 Å². The Morgan fingerprint density at radius 1 is 0.957 bits per heavy atom. The number of rotatable bonds is 5. The van der Waals surface area contributed by atoms with Crippen molar-refractivity contribution in [2.45, 2.75) is 24.9 Å². The molecule has 23 heavy (non-hydrogen) atoms. The van der Waals surface area contributed by atoms with Gasteiger partial charge in [0, 0.05) is 19.6 Å². The van der Waals surface area contributed by atoms with Gasteiger partial charge < -0.3 is 5.32 Å². The number of carbonyl (C=O) groups excluding carboxylic acids is 1. The summed E-state index contributed by atoms with van der Waals surface area (Å²) < 4.78 is 0. The lowest BCUT2D eigenvalue weighted by molar-refractivity contribution is -0.112. The first-order chi connectivity index (χ1) is 10.8. The van der Waals surface area contributed by atoms with Crippen LogP contribution in [0.15, 0.2) is 60.7 Å². The van der Waals surface area contributed by atoms with E-state index in [1.165, 1.54) is 11.1 Å². The maximum Gasteiger partial charge on any atom is 0.207 e. The first-order valence-electron chi connectivity index (χ1n) is 7.86. The zero-order valence-electron chi connectivity index (χ0n) is 13.2. The first kappa shape index (κ1) is 17.5. The van der Waals surface area contributed by atoms with Crippen LogP contribution in [0.4, 0.5) is 0 Å². The van der Waals surface area contributed by atoms with Crippen molar-refractivity contribution in [1.82, 2.24) is 10.2 Å². The zero-order valence-corrected chi connectivity index (χ0v) is 14.0. The van der Waals surface area contributed by atoms with Crippen LogP contribution in [-0.2, 0) is 16.9 Å². The number of piperidine rings is 1. The van der Waals surface area contributed by atoms with Crippen LogP contribution in [0.25, 0.3) is 0 Å². The van der Waals surface area contributed by atoms with Gasteiger partial charge in [-0.2, -0.15) is 0 Å². The molecule has 0 atom stereocenters. The molecule has 1 fully saturated rings. The quantitative estimate of drug-likeness (QED) is 0.853. The minimum atomic E-state index is -0.212. The molecule has 122 valence electrons. The Kier molecular flexibility index (Phi) is 6.20. The molecule has 0 saturated carbocycles. The fourth-order valence-corrected chi connectivity index (χ4v) is 3.32. The predicted molar refractivity (Wildman–Crippen MR) is 95.5 cm³/mol. The zero-order chi connectivity index (χ0) is 15.3. The van der Waals surface area contributed by atoms with Crippen molar-refractivity contribution in [2.24, 2.45) is 0 Å². The van der Waals surface area contributed by atoms with Crippen LogP contribution in [0.2, 0.25) is 0 Å². The van der Waals surface area contributed by atoms with Crippen molar-refractivity contribution < 1.29 is 4.79 Å². The largest absolute Gasteiger partial charge is 0.349 e. The van der Waals surface area contributed by atoms with Crippen molar-refractivity contribution in [3.8, 4) is 0 Å². The van der Waals surface area contributed by atoms with Crippen LogP contribution in [0.3, 0.4) is 0 Å². The van der Waals surface area contributed by atoms with Gasteiger partial charge in [0.2, 0.25) is 6.41 Å². The van der Waals surface area contributed by atoms with E-state index in [9.17, 15) is 4.79 Å². The third kappa shape index (κ3) is 4.12. The van der Waals surface area contributed by atoms with Gasteiger partial charge in [-0.15, -0.1) is 12.4 Å². The van der Waals surface area contributed by atoms with Gasteiger partial charge in [-0.05, 0) is 24.0 Å². The van der Waals surface area contributed by atoms with Gasteiger partial charge in [-0.1, -0.05) is 60.7 Å². The number of nitrogens with one attached hydrogen (secondary N) is 1. The van der Waals surface area contributed by atoms with Crippen molar-refractivity contribution in [3.63, 3.8) is 0 Å². The second kappa shape index (κ2) is 8.14. The molecule has 3 rings (SSSR count). The Hall–Kier alpha value is -1.84. The fourth-order valence-electron chi connectivity index (χ4n) is 3.32. The molecule has 3 nitrogen and oxygen atoms in total. The van der Waals surface area contributed by atoms with Gasteiger partial charge in [0.25, 0.3) is 0 Å². The van der Waals surface area contributed by atoms with Gasteiger partial charge in [-0.3, -0.25) is 9.69 Å². The molecule has 0 bridgehead atoms. The maximum atomic E-state index is 11.1. The number of benzene rings is 2. The number of nitrogens with zero attached hydrogens (tertiary/aromatic N) is 1. The molecule has 2 aromatic carbocycles. The highest BCUT2D eigenvalue weighted by molar-refractivity contribution is 5.85. The number of hydrogen-bond donors (Lipinski definition) is 1. The molecular formula is C19H23ClN2O. The lowest BCUT2D eigenvalue weighted by Gasteiger charge is -2.42. The van der Waals surface area contributed by atoms with E-state index in [4.69, 9.17) is 0 Å². The Morgan fingerprint density at radius 3 is 2.09 bits per heavy atom. The summed E-state index contributed by atoms with van der Waals surface area (Å²) in [7, 11) is 0. The van der Waals surface area contributed by atoms with Crippen LogP contribution in [-0.4, -0.2) is 24.4 Å². The summed E-state index contributed by atoms with van der Waals surface area (Å²) in [5, 5.41) is 3.09. The van der Waals surface area contributed by atoms with Crippen molar-refractivity contribution in [2.75, 3.05) is 13.1 Å². The molecule has 1 N–H and O–H groups in total. The minimum absolute atomic E-state index is 0. The van der Waals surface area contributed by atoms with E-state index in [0.29, 0.717) is 0 Å². The summed E-state index contributed by atoms with van der Waals surface area (Å²) in [6.07, 6.45) is 2.74. The van der Waals surface area contributed by atoms with Crippen LogP contribution < -0.4 is 5.32 Å². The number of hydrogen-bond acceptors (Lipinski definition) is 2. The maximum absolute atomic E-state index is 11.1. The summed E-state index contributed by atoms with van der Waals surface area (Å²) in [6.45, 7) is 2.96. The van der Waals surface area contributed by atoms with Crippen molar-refractivity contribution >= 4 is 18.8 Å². The summed E-state index contributed by atoms with van der Waals surface area (Å²) in [6, 6.07) is 20.9. The molecule has 0 aromatic heterocycles. The normalized spacial score (nSPS) is 17.0. The first-order valence-corrected chi connectivity index (χ1v) is 7.86. The Labute approximate surface area is 144 Å². The van der Waals surface area contributed by atoms with Gasteiger partial charge in [0.15, 0.2) is 0 Å². The average molecular weight is 331 g/mol. The topological polar surface area (TPSA) is 32.3 Å². The minimum Gasteiger partial charge on any atom is -0.349 e. The summed E-state index contributed by atoms with van der Waals surface area (Å²) in [5.74, 6) is 0. The van der Waals surface area contributed by atoms with E-state index < -0.39 is 0 Å². The highest BCUT2D eigenvalue weighted by Crippen LogP contribution is 2.33. The van der Waals surface area contributed by atoms with Crippen LogP contribution in [0.5, 0.6) is 0 Å². The monoisotopic (exact) mass is 330 g/mol. The number of likely N-dealkylation sites (tertiary alicyclic amines) is 1.